The summed E-state index contributed by atoms with van der Waals surface area (Å²) in [6.45, 7) is 1.59. The molecule has 0 unspecified atom stereocenters. The Hall–Kier alpha value is -1.92. The molecule has 0 heterocycles. The van der Waals surface area contributed by atoms with Crippen LogP contribution in [0.4, 0.5) is 22.0 Å². The third kappa shape index (κ3) is 3.34. The van der Waals surface area contributed by atoms with Gasteiger partial charge in [0, 0.05) is 0 Å². The molecule has 0 saturated carbocycles. The lowest BCUT2D eigenvalue weighted by atomic mass is 10.1. The number of benzene rings is 1. The van der Waals surface area contributed by atoms with Crippen LogP contribution in [0.5, 0.6) is 0 Å². The van der Waals surface area contributed by atoms with Crippen molar-refractivity contribution in [1.82, 2.24) is 0 Å². The zero-order chi connectivity index (χ0) is 15.3. The van der Waals surface area contributed by atoms with Crippen molar-refractivity contribution in [2.75, 3.05) is 6.61 Å². The topological polar surface area (TPSA) is 26.3 Å². The zero-order valence-corrected chi connectivity index (χ0v) is 10.5. The average Bonchev–Trinajstić information content (AvgIpc) is 2.43. The maximum Gasteiger partial charge on any atom is 0.344 e. The number of unbranched alkanes of at least 4 members (excludes halogenated alkanes) is 1. The molecule has 0 aromatic heterocycles. The first-order valence-corrected chi connectivity index (χ1v) is 5.75. The van der Waals surface area contributed by atoms with Gasteiger partial charge in [-0.2, -0.15) is 0 Å². The highest BCUT2D eigenvalue weighted by molar-refractivity contribution is 5.90. The molecular formula is C13H11F5O2. The molecule has 0 fully saturated rings. The second-order valence-electron chi connectivity index (χ2n) is 3.80. The molecular weight excluding hydrogens is 283 g/mol. The van der Waals surface area contributed by atoms with Gasteiger partial charge < -0.3 is 4.74 Å². The van der Waals surface area contributed by atoms with Crippen LogP contribution in [0.2, 0.25) is 0 Å². The number of ether oxygens (including phenoxy) is 1. The Balaban J connectivity index is 2.94. The van der Waals surface area contributed by atoms with E-state index in [9.17, 15) is 26.7 Å². The van der Waals surface area contributed by atoms with Gasteiger partial charge in [0.05, 0.1) is 0 Å². The number of hydrogen-bond donors (Lipinski definition) is 0. The number of allylic oxidation sites excluding steroid dienone is 1. The van der Waals surface area contributed by atoms with Crippen LogP contribution >= 0.6 is 0 Å². The van der Waals surface area contributed by atoms with Crippen molar-refractivity contribution in [1.29, 1.82) is 0 Å². The van der Waals surface area contributed by atoms with E-state index in [-0.39, 0.29) is 6.61 Å². The molecule has 0 bridgehead atoms. The van der Waals surface area contributed by atoms with Gasteiger partial charge in [-0.15, -0.1) is 0 Å². The Morgan fingerprint density at radius 3 is 1.95 bits per heavy atom. The van der Waals surface area contributed by atoms with Crippen molar-refractivity contribution in [3.05, 3.63) is 46.8 Å². The predicted molar refractivity (Wildman–Crippen MR) is 60.6 cm³/mol. The second-order valence-corrected chi connectivity index (χ2v) is 3.80. The van der Waals surface area contributed by atoms with Gasteiger partial charge in [0.15, 0.2) is 23.3 Å². The van der Waals surface area contributed by atoms with Gasteiger partial charge in [-0.05, 0) is 6.42 Å². The van der Waals surface area contributed by atoms with Crippen molar-refractivity contribution in [2.45, 2.75) is 19.8 Å². The maximum atomic E-state index is 13.2. The first-order chi connectivity index (χ1) is 9.41. The molecule has 1 rings (SSSR count). The van der Waals surface area contributed by atoms with E-state index in [1.165, 1.54) is 6.08 Å². The van der Waals surface area contributed by atoms with Crippen LogP contribution in [-0.4, -0.2) is 12.6 Å². The number of carbonyl (C=O) groups is 1. The van der Waals surface area contributed by atoms with Crippen molar-refractivity contribution < 1.29 is 31.5 Å². The molecule has 1 aromatic rings. The van der Waals surface area contributed by atoms with Gasteiger partial charge >= 0.3 is 5.97 Å². The Kier molecular flexibility index (Phi) is 5.66. The maximum absolute atomic E-state index is 13.2. The standard InChI is InChI=1S/C13H11F5O2/c1-2-3-4-5-6-20-13(19)7-8(14)10(16)12(18)11(17)9(7)15/h4-5H,2-3,6H2,1H3/b5-4-. The Labute approximate surface area is 111 Å². The van der Waals surface area contributed by atoms with E-state index in [1.807, 2.05) is 6.92 Å². The lowest BCUT2D eigenvalue weighted by Crippen LogP contribution is -2.15. The molecule has 0 saturated heterocycles. The third-order valence-corrected chi connectivity index (χ3v) is 2.35. The summed E-state index contributed by atoms with van der Waals surface area (Å²) in [6.07, 6.45) is 4.63. The Bertz CT molecular complexity index is 511. The Morgan fingerprint density at radius 2 is 1.45 bits per heavy atom. The van der Waals surface area contributed by atoms with Crippen LogP contribution in [0.3, 0.4) is 0 Å². The zero-order valence-electron chi connectivity index (χ0n) is 10.5. The van der Waals surface area contributed by atoms with Crippen molar-refractivity contribution in [3.63, 3.8) is 0 Å². The summed E-state index contributed by atoms with van der Waals surface area (Å²) in [5, 5.41) is 0. The number of esters is 1. The first-order valence-electron chi connectivity index (χ1n) is 5.75. The highest BCUT2D eigenvalue weighted by Gasteiger charge is 2.30. The summed E-state index contributed by atoms with van der Waals surface area (Å²) in [7, 11) is 0. The molecule has 0 spiro atoms. The molecule has 0 aliphatic heterocycles. The number of rotatable bonds is 5. The van der Waals surface area contributed by atoms with Crippen LogP contribution < -0.4 is 0 Å². The molecule has 0 amide bonds. The van der Waals surface area contributed by atoms with Crippen LogP contribution in [0.15, 0.2) is 12.2 Å². The molecule has 0 radical (unpaired) electrons. The van der Waals surface area contributed by atoms with Crippen molar-refractivity contribution >= 4 is 5.97 Å². The van der Waals surface area contributed by atoms with E-state index < -0.39 is 40.6 Å². The van der Waals surface area contributed by atoms with E-state index >= 15 is 0 Å². The lowest BCUT2D eigenvalue weighted by Gasteiger charge is -2.07. The average molecular weight is 294 g/mol. The summed E-state index contributed by atoms with van der Waals surface area (Å²) >= 11 is 0. The third-order valence-electron chi connectivity index (χ3n) is 2.35. The van der Waals surface area contributed by atoms with Crippen LogP contribution in [0.1, 0.15) is 30.1 Å². The van der Waals surface area contributed by atoms with Crippen LogP contribution in [-0.2, 0) is 4.74 Å². The molecule has 1 aromatic carbocycles. The normalized spacial score (nSPS) is 11.1. The van der Waals surface area contributed by atoms with E-state index in [0.717, 1.165) is 6.42 Å². The summed E-state index contributed by atoms with van der Waals surface area (Å²) in [6, 6.07) is 0. The number of hydrogen-bond acceptors (Lipinski definition) is 2. The molecule has 0 aliphatic carbocycles. The van der Waals surface area contributed by atoms with Gasteiger partial charge in [-0.3, -0.25) is 0 Å². The van der Waals surface area contributed by atoms with E-state index in [2.05, 4.69) is 4.74 Å². The fourth-order valence-electron chi connectivity index (χ4n) is 1.33. The van der Waals surface area contributed by atoms with Gasteiger partial charge in [-0.25, -0.2) is 26.7 Å². The molecule has 2 nitrogen and oxygen atoms in total. The van der Waals surface area contributed by atoms with Gasteiger partial charge in [0.2, 0.25) is 5.82 Å². The summed E-state index contributed by atoms with van der Waals surface area (Å²) < 4.78 is 69.4. The fourth-order valence-corrected chi connectivity index (χ4v) is 1.33. The summed E-state index contributed by atoms with van der Waals surface area (Å²) in [4.78, 5) is 11.3. The molecule has 7 heteroatoms. The minimum absolute atomic E-state index is 0.321. The monoisotopic (exact) mass is 294 g/mol. The molecule has 0 aliphatic rings. The predicted octanol–water partition coefficient (Wildman–Crippen LogP) is 3.90. The molecule has 0 N–H and O–H groups in total. The minimum atomic E-state index is -2.32. The lowest BCUT2D eigenvalue weighted by molar-refractivity contribution is 0.0534. The second kappa shape index (κ2) is 7.02. The first kappa shape index (κ1) is 16.1. The highest BCUT2D eigenvalue weighted by Crippen LogP contribution is 2.23. The molecule has 20 heavy (non-hydrogen) atoms. The number of halogens is 5. The van der Waals surface area contributed by atoms with Crippen molar-refractivity contribution in [2.24, 2.45) is 0 Å². The highest BCUT2D eigenvalue weighted by atomic mass is 19.2. The van der Waals surface area contributed by atoms with E-state index in [4.69, 9.17) is 0 Å². The van der Waals surface area contributed by atoms with Gasteiger partial charge in [0.1, 0.15) is 12.2 Å². The number of carbonyl (C=O) groups excluding carboxylic acids is 1. The summed E-state index contributed by atoms with van der Waals surface area (Å²) in [5.74, 6) is -12.7. The van der Waals surface area contributed by atoms with E-state index in [0.29, 0.717) is 6.42 Å². The molecule has 0 atom stereocenters. The quantitative estimate of drug-likeness (QED) is 0.271. The van der Waals surface area contributed by atoms with Crippen LogP contribution in [0.25, 0.3) is 0 Å². The van der Waals surface area contributed by atoms with Crippen molar-refractivity contribution in [3.8, 4) is 0 Å². The smallest absolute Gasteiger partial charge is 0.344 e. The van der Waals surface area contributed by atoms with Gasteiger partial charge in [0.25, 0.3) is 0 Å². The van der Waals surface area contributed by atoms with Gasteiger partial charge in [-0.1, -0.05) is 25.5 Å². The SMILES string of the molecule is CCC/C=C\COC(=O)c1c(F)c(F)c(F)c(F)c1F. The molecule has 110 valence electrons. The minimum Gasteiger partial charge on any atom is -0.458 e. The van der Waals surface area contributed by atoms with Crippen LogP contribution in [0, 0.1) is 29.1 Å². The summed E-state index contributed by atoms with van der Waals surface area (Å²) in [5.41, 5.74) is -1.59. The largest absolute Gasteiger partial charge is 0.458 e. The fraction of sp³-hybridized carbons (Fsp3) is 0.308. The van der Waals surface area contributed by atoms with E-state index in [1.54, 1.807) is 6.08 Å². The Morgan fingerprint density at radius 1 is 0.950 bits per heavy atom.